The number of aryl methyl sites for hydroxylation is 1. The van der Waals surface area contributed by atoms with Gasteiger partial charge < -0.3 is 24.4 Å². The van der Waals surface area contributed by atoms with Crippen LogP contribution in [0.15, 0.2) is 35.3 Å². The number of pyridine rings is 1. The predicted octanol–water partition coefficient (Wildman–Crippen LogP) is -0.748. The molecule has 4 heterocycles. The highest BCUT2D eigenvalue weighted by atomic mass is 16.3. The first-order valence-electron chi connectivity index (χ1n) is 10.7. The maximum absolute atomic E-state index is 12.7. The summed E-state index contributed by atoms with van der Waals surface area (Å²) in [4.78, 5) is 33.3. The van der Waals surface area contributed by atoms with E-state index in [-0.39, 0.29) is 23.6 Å². The second-order valence-corrected chi connectivity index (χ2v) is 7.92. The van der Waals surface area contributed by atoms with Crippen molar-refractivity contribution in [2.45, 2.75) is 0 Å². The maximum Gasteiger partial charge on any atom is 0.263 e. The first kappa shape index (κ1) is 21.3. The second kappa shape index (κ2) is 9.44. The number of piperazine rings is 2. The smallest absolute Gasteiger partial charge is 0.263 e. The molecular formula is C21H29N7O3. The Morgan fingerprint density at radius 3 is 2.06 bits per heavy atom. The molecule has 0 radical (unpaired) electrons. The van der Waals surface area contributed by atoms with Gasteiger partial charge in [0.25, 0.3) is 11.5 Å². The molecule has 0 unspecified atom stereocenters. The minimum absolute atomic E-state index is 0.190. The Labute approximate surface area is 181 Å². The minimum atomic E-state index is -0.270. The molecule has 0 bridgehead atoms. The number of carbonyl (C=O) groups excluding carboxylic acids is 1. The summed E-state index contributed by atoms with van der Waals surface area (Å²) in [7, 11) is 1.65. The fourth-order valence-electron chi connectivity index (χ4n) is 4.07. The number of β-amino-alcohol motifs (C(OH)–C–C–N with tert-alkyl or cyclic N) is 1. The molecule has 2 aromatic rings. The topological polar surface area (TPSA) is 98.0 Å². The molecule has 2 aliphatic heterocycles. The van der Waals surface area contributed by atoms with Gasteiger partial charge >= 0.3 is 0 Å². The van der Waals surface area contributed by atoms with E-state index in [1.165, 1.54) is 4.57 Å². The molecule has 2 aliphatic rings. The van der Waals surface area contributed by atoms with Gasteiger partial charge in [-0.15, -0.1) is 10.2 Å². The van der Waals surface area contributed by atoms with Gasteiger partial charge in [0.15, 0.2) is 11.6 Å². The average molecular weight is 428 g/mol. The molecule has 0 aromatic carbocycles. The third kappa shape index (κ3) is 4.70. The summed E-state index contributed by atoms with van der Waals surface area (Å²) in [6, 6.07) is 7.28. The number of aromatic nitrogens is 3. The Hall–Kier alpha value is -2.98. The highest BCUT2D eigenvalue weighted by Crippen LogP contribution is 2.18. The van der Waals surface area contributed by atoms with Gasteiger partial charge in [0.1, 0.15) is 5.56 Å². The Balaban J connectivity index is 1.32. The van der Waals surface area contributed by atoms with E-state index in [9.17, 15) is 9.59 Å². The number of anilines is 2. The van der Waals surface area contributed by atoms with E-state index in [1.54, 1.807) is 30.3 Å². The fourth-order valence-corrected chi connectivity index (χ4v) is 4.07. The number of hydrogen-bond donors (Lipinski definition) is 1. The first-order valence-corrected chi connectivity index (χ1v) is 10.7. The molecule has 2 fully saturated rings. The number of rotatable bonds is 5. The molecule has 0 saturated carbocycles. The first-order chi connectivity index (χ1) is 15.1. The summed E-state index contributed by atoms with van der Waals surface area (Å²) in [5.74, 6) is 1.44. The Morgan fingerprint density at radius 1 is 0.935 bits per heavy atom. The van der Waals surface area contributed by atoms with Gasteiger partial charge in [-0.05, 0) is 24.3 Å². The van der Waals surface area contributed by atoms with Crippen molar-refractivity contribution in [2.75, 3.05) is 75.3 Å². The minimum Gasteiger partial charge on any atom is -0.395 e. The SMILES string of the molecule is Cn1cccc(C(=O)N2CCN(c3ccc(N4CCN(CCO)CC4)nn3)CC2)c1=O. The molecule has 31 heavy (non-hydrogen) atoms. The number of aliphatic hydroxyl groups is 1. The zero-order valence-electron chi connectivity index (χ0n) is 17.9. The largest absolute Gasteiger partial charge is 0.395 e. The number of nitrogens with zero attached hydrogens (tertiary/aromatic N) is 7. The van der Waals surface area contributed by atoms with E-state index in [0.29, 0.717) is 32.7 Å². The van der Waals surface area contributed by atoms with E-state index < -0.39 is 0 Å². The van der Waals surface area contributed by atoms with Crippen LogP contribution in [-0.4, -0.2) is 101 Å². The van der Waals surface area contributed by atoms with Crippen molar-refractivity contribution in [3.05, 3.63) is 46.4 Å². The lowest BCUT2D eigenvalue weighted by Gasteiger charge is -2.36. The number of hydrogen-bond acceptors (Lipinski definition) is 8. The van der Waals surface area contributed by atoms with Gasteiger partial charge in [0.05, 0.1) is 6.61 Å². The van der Waals surface area contributed by atoms with Crippen molar-refractivity contribution in [1.82, 2.24) is 24.6 Å². The van der Waals surface area contributed by atoms with Crippen LogP contribution in [0, 0.1) is 0 Å². The lowest BCUT2D eigenvalue weighted by Crippen LogP contribution is -2.50. The third-order valence-electron chi connectivity index (χ3n) is 5.99. The van der Waals surface area contributed by atoms with Crippen LogP contribution in [-0.2, 0) is 7.05 Å². The molecule has 4 rings (SSSR count). The van der Waals surface area contributed by atoms with Crippen molar-refractivity contribution in [3.63, 3.8) is 0 Å². The summed E-state index contributed by atoms with van der Waals surface area (Å²) < 4.78 is 1.42. The summed E-state index contributed by atoms with van der Waals surface area (Å²) in [6.45, 7) is 6.82. The van der Waals surface area contributed by atoms with Gasteiger partial charge in [-0.1, -0.05) is 0 Å². The summed E-state index contributed by atoms with van der Waals surface area (Å²) in [6.07, 6.45) is 1.65. The van der Waals surface area contributed by atoms with Crippen molar-refractivity contribution < 1.29 is 9.90 Å². The van der Waals surface area contributed by atoms with Gasteiger partial charge in [-0.3, -0.25) is 14.5 Å². The van der Waals surface area contributed by atoms with E-state index >= 15 is 0 Å². The van der Waals surface area contributed by atoms with E-state index in [4.69, 9.17) is 5.11 Å². The summed E-state index contributed by atoms with van der Waals surface area (Å²) in [5, 5.41) is 17.9. The highest BCUT2D eigenvalue weighted by molar-refractivity contribution is 5.94. The molecule has 0 spiro atoms. The Morgan fingerprint density at radius 2 is 1.52 bits per heavy atom. The van der Waals surface area contributed by atoms with Crippen LogP contribution < -0.4 is 15.4 Å². The van der Waals surface area contributed by atoms with Crippen LogP contribution in [0.25, 0.3) is 0 Å². The predicted molar refractivity (Wildman–Crippen MR) is 118 cm³/mol. The average Bonchev–Trinajstić information content (AvgIpc) is 2.81. The van der Waals surface area contributed by atoms with Crippen LogP contribution in [0.4, 0.5) is 11.6 Å². The van der Waals surface area contributed by atoms with Gasteiger partial charge in [0, 0.05) is 72.1 Å². The summed E-state index contributed by atoms with van der Waals surface area (Å²) in [5.41, 5.74) is -0.0599. The second-order valence-electron chi connectivity index (χ2n) is 7.92. The van der Waals surface area contributed by atoms with Crippen molar-refractivity contribution in [3.8, 4) is 0 Å². The zero-order valence-corrected chi connectivity index (χ0v) is 17.9. The van der Waals surface area contributed by atoms with Gasteiger partial charge in [-0.25, -0.2) is 0 Å². The number of amides is 1. The molecule has 10 nitrogen and oxygen atoms in total. The van der Waals surface area contributed by atoms with E-state index in [2.05, 4.69) is 24.9 Å². The molecule has 1 amide bonds. The van der Waals surface area contributed by atoms with Crippen molar-refractivity contribution >= 4 is 17.5 Å². The van der Waals surface area contributed by atoms with Crippen LogP contribution in [0.1, 0.15) is 10.4 Å². The normalized spacial score (nSPS) is 17.8. The molecule has 166 valence electrons. The molecule has 2 aromatic heterocycles. The number of aliphatic hydroxyl groups excluding tert-OH is 1. The lowest BCUT2D eigenvalue weighted by molar-refractivity contribution is 0.0744. The lowest BCUT2D eigenvalue weighted by atomic mass is 10.2. The maximum atomic E-state index is 12.7. The number of carbonyl (C=O) groups is 1. The zero-order chi connectivity index (χ0) is 21.8. The Bertz CT molecular complexity index is 946. The summed E-state index contributed by atoms with van der Waals surface area (Å²) >= 11 is 0. The molecule has 2 saturated heterocycles. The molecule has 1 N–H and O–H groups in total. The highest BCUT2D eigenvalue weighted by Gasteiger charge is 2.25. The van der Waals surface area contributed by atoms with Gasteiger partial charge in [-0.2, -0.15) is 0 Å². The third-order valence-corrected chi connectivity index (χ3v) is 5.99. The molecule has 10 heteroatoms. The van der Waals surface area contributed by atoms with Crippen molar-refractivity contribution in [2.24, 2.45) is 7.05 Å². The van der Waals surface area contributed by atoms with E-state index in [1.807, 2.05) is 12.1 Å². The standard InChI is InChI=1S/C21H29N7O3/c1-24-6-2-3-17(20(24)30)21(31)28-13-11-27(12-14-28)19-5-4-18(22-23-19)26-9-7-25(8-10-26)15-16-29/h2-6,29H,7-16H2,1H3. The van der Waals surface area contributed by atoms with Crippen LogP contribution in [0.5, 0.6) is 0 Å². The van der Waals surface area contributed by atoms with E-state index in [0.717, 1.165) is 37.8 Å². The fraction of sp³-hybridized carbons (Fsp3) is 0.524. The molecule has 0 atom stereocenters. The quantitative estimate of drug-likeness (QED) is 0.666. The Kier molecular flexibility index (Phi) is 6.47. The van der Waals surface area contributed by atoms with Crippen molar-refractivity contribution in [1.29, 1.82) is 0 Å². The van der Waals surface area contributed by atoms with Crippen LogP contribution in [0.3, 0.4) is 0 Å². The monoisotopic (exact) mass is 427 g/mol. The van der Waals surface area contributed by atoms with Crippen LogP contribution >= 0.6 is 0 Å². The van der Waals surface area contributed by atoms with Gasteiger partial charge in [0.2, 0.25) is 0 Å². The van der Waals surface area contributed by atoms with Crippen LogP contribution in [0.2, 0.25) is 0 Å². The molecule has 0 aliphatic carbocycles. The molecular weight excluding hydrogens is 398 g/mol.